The Morgan fingerprint density at radius 3 is 2.76 bits per heavy atom. The number of benzene rings is 1. The molecular weight excluding hydrogens is 312 g/mol. The Labute approximate surface area is 130 Å². The Hall–Kier alpha value is -2.05. The average Bonchev–Trinajstić information content (AvgIpc) is 2.87. The van der Waals surface area contributed by atoms with Gasteiger partial charge < -0.3 is 15.8 Å². The SMILES string of the molecule is CCOC(=O)c1ccsc1NC(=O)c1ccc(Cl)cc1N. The van der Waals surface area contributed by atoms with E-state index in [-0.39, 0.29) is 12.3 Å². The van der Waals surface area contributed by atoms with E-state index in [1.54, 1.807) is 24.4 Å². The van der Waals surface area contributed by atoms with Gasteiger partial charge in [-0.05, 0) is 36.6 Å². The molecule has 0 aliphatic carbocycles. The first-order valence-electron chi connectivity index (χ1n) is 6.14. The summed E-state index contributed by atoms with van der Waals surface area (Å²) in [4.78, 5) is 23.9. The van der Waals surface area contributed by atoms with Crippen LogP contribution in [-0.2, 0) is 4.74 Å². The van der Waals surface area contributed by atoms with Crippen LogP contribution >= 0.6 is 22.9 Å². The Balaban J connectivity index is 2.20. The highest BCUT2D eigenvalue weighted by Crippen LogP contribution is 2.26. The van der Waals surface area contributed by atoms with Crippen molar-refractivity contribution in [2.75, 3.05) is 17.7 Å². The van der Waals surface area contributed by atoms with E-state index in [9.17, 15) is 9.59 Å². The third kappa shape index (κ3) is 3.53. The minimum atomic E-state index is -0.474. The van der Waals surface area contributed by atoms with Gasteiger partial charge in [0.25, 0.3) is 5.91 Å². The average molecular weight is 325 g/mol. The van der Waals surface area contributed by atoms with Gasteiger partial charge in [0.15, 0.2) is 0 Å². The van der Waals surface area contributed by atoms with E-state index in [4.69, 9.17) is 22.1 Å². The first kappa shape index (κ1) is 15.3. The molecule has 0 bridgehead atoms. The highest BCUT2D eigenvalue weighted by Gasteiger charge is 2.17. The van der Waals surface area contributed by atoms with E-state index < -0.39 is 11.9 Å². The lowest BCUT2D eigenvalue weighted by atomic mass is 10.1. The topological polar surface area (TPSA) is 81.4 Å². The van der Waals surface area contributed by atoms with E-state index in [1.165, 1.54) is 23.5 Å². The molecule has 0 aliphatic rings. The normalized spacial score (nSPS) is 10.2. The fraction of sp³-hybridized carbons (Fsp3) is 0.143. The summed E-state index contributed by atoms with van der Waals surface area (Å²) in [6, 6.07) is 6.21. The number of nitrogens with one attached hydrogen (secondary N) is 1. The van der Waals surface area contributed by atoms with Gasteiger partial charge in [0, 0.05) is 10.7 Å². The van der Waals surface area contributed by atoms with E-state index in [0.29, 0.717) is 21.2 Å². The summed E-state index contributed by atoms with van der Waals surface area (Å²) >= 11 is 7.03. The summed E-state index contributed by atoms with van der Waals surface area (Å²) in [5.74, 6) is -0.879. The molecule has 0 aliphatic heterocycles. The zero-order chi connectivity index (χ0) is 15.4. The highest BCUT2D eigenvalue weighted by molar-refractivity contribution is 7.14. The van der Waals surface area contributed by atoms with Gasteiger partial charge in [-0.15, -0.1) is 11.3 Å². The van der Waals surface area contributed by atoms with E-state index in [0.717, 1.165) is 0 Å². The monoisotopic (exact) mass is 324 g/mol. The van der Waals surface area contributed by atoms with Gasteiger partial charge in [0.05, 0.1) is 17.7 Å². The Kier molecular flexibility index (Phi) is 4.82. The zero-order valence-corrected chi connectivity index (χ0v) is 12.8. The number of amides is 1. The largest absolute Gasteiger partial charge is 0.462 e. The number of hydrogen-bond donors (Lipinski definition) is 2. The fourth-order valence-electron chi connectivity index (χ4n) is 1.69. The Morgan fingerprint density at radius 2 is 2.10 bits per heavy atom. The number of anilines is 2. The molecule has 0 radical (unpaired) electrons. The molecular formula is C14H13ClN2O3S. The van der Waals surface area contributed by atoms with Crippen molar-refractivity contribution in [1.82, 2.24) is 0 Å². The fourth-order valence-corrected chi connectivity index (χ4v) is 2.64. The summed E-state index contributed by atoms with van der Waals surface area (Å²) in [5, 5.41) is 5.24. The summed E-state index contributed by atoms with van der Waals surface area (Å²) in [6.45, 7) is 1.99. The maximum Gasteiger partial charge on any atom is 0.341 e. The predicted octanol–water partition coefficient (Wildman–Crippen LogP) is 3.41. The molecule has 21 heavy (non-hydrogen) atoms. The van der Waals surface area contributed by atoms with Crippen molar-refractivity contribution in [1.29, 1.82) is 0 Å². The molecule has 0 saturated heterocycles. The van der Waals surface area contributed by atoms with Gasteiger partial charge in [-0.3, -0.25) is 4.79 Å². The van der Waals surface area contributed by atoms with E-state index in [2.05, 4.69) is 5.32 Å². The molecule has 5 nitrogen and oxygen atoms in total. The van der Waals surface area contributed by atoms with Crippen molar-refractivity contribution in [3.8, 4) is 0 Å². The maximum atomic E-state index is 12.2. The molecule has 0 spiro atoms. The lowest BCUT2D eigenvalue weighted by molar-refractivity contribution is 0.0528. The summed E-state index contributed by atoms with van der Waals surface area (Å²) in [5.41, 5.74) is 6.65. The molecule has 110 valence electrons. The van der Waals surface area contributed by atoms with E-state index >= 15 is 0 Å². The molecule has 1 amide bonds. The summed E-state index contributed by atoms with van der Waals surface area (Å²) < 4.78 is 4.93. The van der Waals surface area contributed by atoms with Crippen molar-refractivity contribution in [3.63, 3.8) is 0 Å². The van der Waals surface area contributed by atoms with Crippen molar-refractivity contribution in [2.24, 2.45) is 0 Å². The number of ether oxygens (including phenoxy) is 1. The van der Waals surface area contributed by atoms with E-state index in [1.807, 2.05) is 0 Å². The van der Waals surface area contributed by atoms with Crippen molar-refractivity contribution in [2.45, 2.75) is 6.92 Å². The second-order valence-electron chi connectivity index (χ2n) is 4.07. The minimum absolute atomic E-state index is 0.270. The van der Waals surface area contributed by atoms with Crippen LogP contribution in [0.4, 0.5) is 10.7 Å². The van der Waals surface area contributed by atoms with Gasteiger partial charge in [-0.25, -0.2) is 4.79 Å². The van der Waals surface area contributed by atoms with Crippen LogP contribution in [0.15, 0.2) is 29.6 Å². The first-order chi connectivity index (χ1) is 10.0. The number of thiophene rings is 1. The van der Waals surface area contributed by atoms with Crippen molar-refractivity contribution < 1.29 is 14.3 Å². The number of nitrogens with two attached hydrogens (primary N) is 1. The summed E-state index contributed by atoms with van der Waals surface area (Å²) in [7, 11) is 0. The number of rotatable bonds is 4. The van der Waals surface area contributed by atoms with Gasteiger partial charge in [0.2, 0.25) is 0 Å². The molecule has 0 saturated carbocycles. The van der Waals surface area contributed by atoms with Gasteiger partial charge in [-0.1, -0.05) is 11.6 Å². The maximum absolute atomic E-state index is 12.2. The Morgan fingerprint density at radius 1 is 1.33 bits per heavy atom. The van der Waals surface area contributed by atoms with Crippen LogP contribution < -0.4 is 11.1 Å². The molecule has 1 aromatic carbocycles. The number of halogens is 1. The number of hydrogen-bond acceptors (Lipinski definition) is 5. The van der Waals surface area contributed by atoms with Gasteiger partial charge >= 0.3 is 5.97 Å². The lowest BCUT2D eigenvalue weighted by Crippen LogP contribution is -2.15. The molecule has 7 heteroatoms. The highest BCUT2D eigenvalue weighted by atomic mass is 35.5. The lowest BCUT2D eigenvalue weighted by Gasteiger charge is -2.08. The molecule has 0 fully saturated rings. The molecule has 2 aromatic rings. The van der Waals surface area contributed by atoms with Gasteiger partial charge in [0.1, 0.15) is 5.00 Å². The van der Waals surface area contributed by atoms with Crippen LogP contribution in [-0.4, -0.2) is 18.5 Å². The number of nitrogen functional groups attached to an aromatic ring is 1. The standard InChI is InChI=1S/C14H13ClN2O3S/c1-2-20-14(19)10-5-6-21-13(10)17-12(18)9-4-3-8(15)7-11(9)16/h3-7H,2,16H2,1H3,(H,17,18). The molecule has 0 atom stereocenters. The number of esters is 1. The molecule has 0 unspecified atom stereocenters. The van der Waals surface area contributed by atoms with Crippen LogP contribution in [0.2, 0.25) is 5.02 Å². The summed E-state index contributed by atoms with van der Waals surface area (Å²) in [6.07, 6.45) is 0. The molecule has 3 N–H and O–H groups in total. The van der Waals surface area contributed by atoms with Crippen LogP contribution in [0, 0.1) is 0 Å². The van der Waals surface area contributed by atoms with Crippen molar-refractivity contribution in [3.05, 3.63) is 45.8 Å². The zero-order valence-electron chi connectivity index (χ0n) is 11.2. The third-order valence-corrected chi connectivity index (χ3v) is 3.71. The molecule has 1 heterocycles. The third-order valence-electron chi connectivity index (χ3n) is 2.65. The second kappa shape index (κ2) is 6.60. The molecule has 2 rings (SSSR count). The number of carbonyl (C=O) groups is 2. The van der Waals surface area contributed by atoms with Crippen LogP contribution in [0.5, 0.6) is 0 Å². The Bertz CT molecular complexity index is 685. The first-order valence-corrected chi connectivity index (χ1v) is 7.39. The van der Waals surface area contributed by atoms with Crippen LogP contribution in [0.25, 0.3) is 0 Å². The predicted molar refractivity (Wildman–Crippen MR) is 84.1 cm³/mol. The van der Waals surface area contributed by atoms with Gasteiger partial charge in [-0.2, -0.15) is 0 Å². The molecule has 1 aromatic heterocycles. The van der Waals surface area contributed by atoms with Crippen LogP contribution in [0.1, 0.15) is 27.6 Å². The minimum Gasteiger partial charge on any atom is -0.462 e. The van der Waals surface area contributed by atoms with Crippen LogP contribution in [0.3, 0.4) is 0 Å². The smallest absolute Gasteiger partial charge is 0.341 e. The number of carbonyl (C=O) groups excluding carboxylic acids is 2. The van der Waals surface area contributed by atoms with Crippen molar-refractivity contribution >= 4 is 45.5 Å². The second-order valence-corrected chi connectivity index (χ2v) is 5.42. The quantitative estimate of drug-likeness (QED) is 0.667.